The van der Waals surface area contributed by atoms with E-state index in [0.29, 0.717) is 22.1 Å². The van der Waals surface area contributed by atoms with Gasteiger partial charge in [-0.05, 0) is 35.9 Å². The van der Waals surface area contributed by atoms with E-state index in [-0.39, 0.29) is 23.6 Å². The summed E-state index contributed by atoms with van der Waals surface area (Å²) >= 11 is 5.98. The fourth-order valence-electron chi connectivity index (χ4n) is 3.70. The SMILES string of the molecule is COc1ccc(C2CC(C(F)(F)F)n3nc(C(=O)Nc4cc(Cl)ccc4OC)cc3N2)cc1. The maximum atomic E-state index is 13.9. The predicted octanol–water partition coefficient (Wildman–Crippen LogP) is 5.47. The molecule has 2 aromatic carbocycles. The molecule has 1 aromatic heterocycles. The number of benzene rings is 2. The van der Waals surface area contributed by atoms with Gasteiger partial charge in [0.1, 0.15) is 17.3 Å². The summed E-state index contributed by atoms with van der Waals surface area (Å²) in [5.41, 5.74) is 0.758. The molecule has 4 rings (SSSR count). The van der Waals surface area contributed by atoms with E-state index in [1.54, 1.807) is 36.4 Å². The number of carbonyl (C=O) groups excluding carboxylic acids is 1. The normalized spacial score (nSPS) is 17.6. The fourth-order valence-corrected chi connectivity index (χ4v) is 3.88. The van der Waals surface area contributed by atoms with Crippen LogP contribution in [0, 0.1) is 0 Å². The number of methoxy groups -OCH3 is 2. The van der Waals surface area contributed by atoms with Crippen LogP contribution in [0.1, 0.15) is 34.6 Å². The minimum absolute atomic E-state index is 0.0904. The number of halogens is 4. The van der Waals surface area contributed by atoms with Crippen LogP contribution in [0.2, 0.25) is 5.02 Å². The van der Waals surface area contributed by atoms with Crippen molar-refractivity contribution in [3.05, 3.63) is 64.8 Å². The average Bonchev–Trinajstić information content (AvgIpc) is 3.22. The molecule has 0 fully saturated rings. The number of anilines is 2. The summed E-state index contributed by atoms with van der Waals surface area (Å²) < 4.78 is 52.8. The lowest BCUT2D eigenvalue weighted by molar-refractivity contribution is -0.173. The zero-order valence-electron chi connectivity index (χ0n) is 17.6. The molecule has 1 aliphatic rings. The van der Waals surface area contributed by atoms with Crippen molar-refractivity contribution in [3.8, 4) is 11.5 Å². The second-order valence-electron chi connectivity index (χ2n) is 7.42. The van der Waals surface area contributed by atoms with Crippen LogP contribution in [0.4, 0.5) is 24.7 Å². The number of aromatic nitrogens is 2. The topological polar surface area (TPSA) is 77.4 Å². The minimum atomic E-state index is -4.56. The van der Waals surface area contributed by atoms with Crippen molar-refractivity contribution < 1.29 is 27.4 Å². The largest absolute Gasteiger partial charge is 0.497 e. The average molecular weight is 481 g/mol. The van der Waals surface area contributed by atoms with Crippen LogP contribution in [-0.2, 0) is 0 Å². The van der Waals surface area contributed by atoms with Gasteiger partial charge in [0.15, 0.2) is 11.7 Å². The quantitative estimate of drug-likeness (QED) is 0.506. The fraction of sp³-hybridized carbons (Fsp3) is 0.273. The van der Waals surface area contributed by atoms with E-state index < -0.39 is 24.2 Å². The van der Waals surface area contributed by atoms with Crippen molar-refractivity contribution in [2.24, 2.45) is 0 Å². The molecule has 174 valence electrons. The summed E-state index contributed by atoms with van der Waals surface area (Å²) in [5, 5.41) is 9.96. The first-order chi connectivity index (χ1) is 15.7. The molecular weight excluding hydrogens is 461 g/mol. The lowest BCUT2D eigenvalue weighted by Crippen LogP contribution is -2.35. The number of alkyl halides is 3. The molecule has 7 nitrogen and oxygen atoms in total. The van der Waals surface area contributed by atoms with E-state index in [1.807, 2.05) is 0 Å². The van der Waals surface area contributed by atoms with Crippen LogP contribution in [0.15, 0.2) is 48.5 Å². The molecule has 0 spiro atoms. The number of hydrogen-bond donors (Lipinski definition) is 2. The Morgan fingerprint density at radius 2 is 1.88 bits per heavy atom. The smallest absolute Gasteiger partial charge is 0.410 e. The number of ether oxygens (including phenoxy) is 2. The number of carbonyl (C=O) groups is 1. The maximum absolute atomic E-state index is 13.9. The van der Waals surface area contributed by atoms with Crippen LogP contribution in [0.5, 0.6) is 11.5 Å². The van der Waals surface area contributed by atoms with E-state index in [9.17, 15) is 18.0 Å². The first-order valence-electron chi connectivity index (χ1n) is 9.91. The lowest BCUT2D eigenvalue weighted by Gasteiger charge is -2.33. The summed E-state index contributed by atoms with van der Waals surface area (Å²) in [6.07, 6.45) is -4.84. The van der Waals surface area contributed by atoms with Crippen molar-refractivity contribution in [2.45, 2.75) is 24.7 Å². The third-order valence-electron chi connectivity index (χ3n) is 5.35. The summed E-state index contributed by atoms with van der Waals surface area (Å²) in [5.74, 6) is 0.346. The molecular formula is C22H20ClF3N4O3. The Balaban J connectivity index is 1.64. The number of nitrogens with one attached hydrogen (secondary N) is 2. The summed E-state index contributed by atoms with van der Waals surface area (Å²) in [6, 6.07) is 10.2. The predicted molar refractivity (Wildman–Crippen MR) is 117 cm³/mol. The highest BCUT2D eigenvalue weighted by Crippen LogP contribution is 2.44. The van der Waals surface area contributed by atoms with Crippen molar-refractivity contribution in [1.29, 1.82) is 0 Å². The summed E-state index contributed by atoms with van der Waals surface area (Å²) in [6.45, 7) is 0. The standard InChI is InChI=1S/C22H20ClF3N4O3/c1-32-14-6-3-12(4-7-14)15-10-19(22(24,25)26)30-20(27-15)11-17(29-30)21(31)28-16-9-13(23)5-8-18(16)33-2/h3-9,11,15,19,27H,10H2,1-2H3,(H,28,31). The highest BCUT2D eigenvalue weighted by atomic mass is 35.5. The Kier molecular flexibility index (Phi) is 6.11. The van der Waals surface area contributed by atoms with Crippen LogP contribution >= 0.6 is 11.6 Å². The number of amides is 1. The number of rotatable bonds is 5. The van der Waals surface area contributed by atoms with Gasteiger partial charge in [-0.25, -0.2) is 4.68 Å². The highest BCUT2D eigenvalue weighted by Gasteiger charge is 2.46. The molecule has 2 heterocycles. The minimum Gasteiger partial charge on any atom is -0.497 e. The Morgan fingerprint density at radius 1 is 1.15 bits per heavy atom. The third kappa shape index (κ3) is 4.70. The molecule has 1 amide bonds. The second-order valence-corrected chi connectivity index (χ2v) is 7.86. The van der Waals surface area contributed by atoms with Gasteiger partial charge in [0.2, 0.25) is 0 Å². The van der Waals surface area contributed by atoms with E-state index in [4.69, 9.17) is 21.1 Å². The molecule has 0 bridgehead atoms. The van der Waals surface area contributed by atoms with Crippen molar-refractivity contribution >= 4 is 29.0 Å². The van der Waals surface area contributed by atoms with Crippen molar-refractivity contribution in [2.75, 3.05) is 24.9 Å². The van der Waals surface area contributed by atoms with Gasteiger partial charge in [0.05, 0.1) is 25.9 Å². The van der Waals surface area contributed by atoms with Crippen LogP contribution in [0.25, 0.3) is 0 Å². The Labute approximate surface area is 192 Å². The molecule has 2 unspecified atom stereocenters. The Hall–Kier alpha value is -3.40. The number of hydrogen-bond acceptors (Lipinski definition) is 5. The summed E-state index contributed by atoms with van der Waals surface area (Å²) in [7, 11) is 2.93. The second kappa shape index (κ2) is 8.86. The van der Waals surface area contributed by atoms with Gasteiger partial charge in [-0.1, -0.05) is 23.7 Å². The van der Waals surface area contributed by atoms with Gasteiger partial charge < -0.3 is 20.1 Å². The van der Waals surface area contributed by atoms with Crippen molar-refractivity contribution in [3.63, 3.8) is 0 Å². The van der Waals surface area contributed by atoms with Crippen LogP contribution in [0.3, 0.4) is 0 Å². The third-order valence-corrected chi connectivity index (χ3v) is 5.59. The van der Waals surface area contributed by atoms with Crippen LogP contribution < -0.4 is 20.1 Å². The number of nitrogens with zero attached hydrogens (tertiary/aromatic N) is 2. The first-order valence-corrected chi connectivity index (χ1v) is 10.3. The monoisotopic (exact) mass is 480 g/mol. The van der Waals surface area contributed by atoms with E-state index in [0.717, 1.165) is 4.68 Å². The van der Waals surface area contributed by atoms with Gasteiger partial charge >= 0.3 is 6.18 Å². The summed E-state index contributed by atoms with van der Waals surface area (Å²) in [4.78, 5) is 12.8. The highest BCUT2D eigenvalue weighted by molar-refractivity contribution is 6.31. The molecule has 0 aliphatic carbocycles. The number of fused-ring (bicyclic) bond motifs is 1. The molecule has 3 aromatic rings. The van der Waals surface area contributed by atoms with Gasteiger partial charge in [-0.3, -0.25) is 4.79 Å². The molecule has 33 heavy (non-hydrogen) atoms. The zero-order chi connectivity index (χ0) is 23.8. The molecule has 0 saturated carbocycles. The zero-order valence-corrected chi connectivity index (χ0v) is 18.4. The molecule has 2 atom stereocenters. The van der Waals surface area contributed by atoms with E-state index >= 15 is 0 Å². The maximum Gasteiger partial charge on any atom is 0.410 e. The molecule has 0 saturated heterocycles. The van der Waals surface area contributed by atoms with Crippen LogP contribution in [-0.4, -0.2) is 36.1 Å². The molecule has 2 N–H and O–H groups in total. The molecule has 11 heteroatoms. The van der Waals surface area contributed by atoms with Gasteiger partial charge in [-0.15, -0.1) is 0 Å². The van der Waals surface area contributed by atoms with Gasteiger partial charge in [-0.2, -0.15) is 18.3 Å². The molecule has 1 aliphatic heterocycles. The molecule has 0 radical (unpaired) electrons. The van der Waals surface area contributed by atoms with Crippen molar-refractivity contribution in [1.82, 2.24) is 9.78 Å². The van der Waals surface area contributed by atoms with Gasteiger partial charge in [0, 0.05) is 17.5 Å². The first kappa shape index (κ1) is 22.8. The van der Waals surface area contributed by atoms with E-state index in [1.165, 1.54) is 26.4 Å². The Morgan fingerprint density at radius 3 is 2.52 bits per heavy atom. The lowest BCUT2D eigenvalue weighted by atomic mass is 9.97. The Bertz CT molecular complexity index is 1160. The van der Waals surface area contributed by atoms with E-state index in [2.05, 4.69) is 15.7 Å². The van der Waals surface area contributed by atoms with Gasteiger partial charge in [0.25, 0.3) is 5.91 Å².